The molecule has 4 heteroatoms. The number of aromatic nitrogens is 3. The quantitative estimate of drug-likeness (QED) is 0.470. The molecule has 2 heterocycles. The minimum absolute atomic E-state index is 0.729. The van der Waals surface area contributed by atoms with Crippen LogP contribution in [0, 0.1) is 34.6 Å². The Hall–Kier alpha value is -3.14. The van der Waals surface area contributed by atoms with Gasteiger partial charge in [0.25, 0.3) is 0 Å². The first kappa shape index (κ1) is 17.3. The minimum atomic E-state index is 0.729. The van der Waals surface area contributed by atoms with Crippen LogP contribution in [0.25, 0.3) is 28.5 Å². The van der Waals surface area contributed by atoms with Crippen molar-refractivity contribution in [2.45, 2.75) is 34.6 Å². The highest BCUT2D eigenvalue weighted by atomic mass is 16.5. The topological polar surface area (TPSA) is 43.9 Å². The van der Waals surface area contributed by atoms with Crippen LogP contribution < -0.4 is 0 Å². The molecule has 2 aromatic carbocycles. The predicted molar refractivity (Wildman–Crippen MR) is 108 cm³/mol. The summed E-state index contributed by atoms with van der Waals surface area (Å²) in [6.07, 6.45) is 3.70. The highest BCUT2D eigenvalue weighted by Gasteiger charge is 2.19. The van der Waals surface area contributed by atoms with E-state index in [-0.39, 0.29) is 0 Å². The lowest BCUT2D eigenvalue weighted by Gasteiger charge is -2.14. The average molecular weight is 357 g/mol. The lowest BCUT2D eigenvalue weighted by Crippen LogP contribution is -2.02. The van der Waals surface area contributed by atoms with Gasteiger partial charge < -0.3 is 4.52 Å². The van der Waals surface area contributed by atoms with E-state index in [0.29, 0.717) is 0 Å². The van der Waals surface area contributed by atoms with Crippen molar-refractivity contribution in [3.05, 3.63) is 76.7 Å². The van der Waals surface area contributed by atoms with Crippen molar-refractivity contribution in [2.75, 3.05) is 0 Å². The highest BCUT2D eigenvalue weighted by Crippen LogP contribution is 2.33. The van der Waals surface area contributed by atoms with Gasteiger partial charge in [-0.05, 0) is 56.9 Å². The van der Waals surface area contributed by atoms with E-state index in [9.17, 15) is 0 Å². The van der Waals surface area contributed by atoms with Crippen LogP contribution in [-0.2, 0) is 0 Å². The van der Waals surface area contributed by atoms with Crippen molar-refractivity contribution in [1.29, 1.82) is 0 Å². The van der Waals surface area contributed by atoms with Gasteiger partial charge in [-0.2, -0.15) is 0 Å². The third kappa shape index (κ3) is 2.97. The lowest BCUT2D eigenvalue weighted by molar-refractivity contribution is 0.421. The largest absolute Gasteiger partial charge is 0.364 e. The molecule has 0 bridgehead atoms. The van der Waals surface area contributed by atoms with Crippen LogP contribution in [0.4, 0.5) is 0 Å². The Morgan fingerprint density at radius 1 is 0.815 bits per heavy atom. The summed E-state index contributed by atoms with van der Waals surface area (Å²) in [5.41, 5.74) is 10.1. The molecule has 0 amide bonds. The summed E-state index contributed by atoms with van der Waals surface area (Å²) in [5.74, 6) is 0.788. The van der Waals surface area contributed by atoms with E-state index < -0.39 is 0 Å². The molecule has 0 aliphatic carbocycles. The van der Waals surface area contributed by atoms with E-state index in [1.807, 2.05) is 6.07 Å². The first-order valence-corrected chi connectivity index (χ1v) is 9.10. The van der Waals surface area contributed by atoms with Crippen LogP contribution in [0.5, 0.6) is 0 Å². The second-order valence-electron chi connectivity index (χ2n) is 7.22. The summed E-state index contributed by atoms with van der Waals surface area (Å²) < 4.78 is 7.24. The third-order valence-corrected chi connectivity index (χ3v) is 4.99. The maximum absolute atomic E-state index is 5.10. The van der Waals surface area contributed by atoms with E-state index in [1.54, 1.807) is 6.26 Å². The van der Waals surface area contributed by atoms with Gasteiger partial charge in [0.15, 0.2) is 5.82 Å². The standard InChI is InChI=1S/C23H23N3O/c1-14-11-17(4)22(18(5)12-14)26-13-20(21-15(2)7-6-8-16(21)3)24-23(26)19-9-10-27-25-19/h6-13H,1-5H3. The van der Waals surface area contributed by atoms with Crippen molar-refractivity contribution in [2.24, 2.45) is 0 Å². The highest BCUT2D eigenvalue weighted by molar-refractivity contribution is 5.71. The first-order valence-electron chi connectivity index (χ1n) is 9.10. The van der Waals surface area contributed by atoms with Crippen molar-refractivity contribution in [3.63, 3.8) is 0 Å². The normalized spacial score (nSPS) is 11.1. The zero-order chi connectivity index (χ0) is 19.1. The van der Waals surface area contributed by atoms with Gasteiger partial charge in [0.05, 0.1) is 11.4 Å². The van der Waals surface area contributed by atoms with E-state index in [4.69, 9.17) is 9.51 Å². The van der Waals surface area contributed by atoms with Gasteiger partial charge in [0.2, 0.25) is 0 Å². The number of hydrogen-bond donors (Lipinski definition) is 0. The molecule has 0 saturated carbocycles. The van der Waals surface area contributed by atoms with Gasteiger partial charge in [0.1, 0.15) is 12.0 Å². The SMILES string of the molecule is Cc1cc(C)c(-n2cc(-c3c(C)cccc3C)nc2-c2ccon2)c(C)c1. The van der Waals surface area contributed by atoms with E-state index in [0.717, 1.165) is 22.9 Å². The number of nitrogens with zero attached hydrogens (tertiary/aromatic N) is 3. The molecule has 0 unspecified atom stereocenters. The predicted octanol–water partition coefficient (Wildman–Crippen LogP) is 5.74. The fourth-order valence-corrected chi connectivity index (χ4v) is 3.95. The second kappa shape index (κ2) is 6.54. The number of imidazole rings is 1. The molecule has 136 valence electrons. The van der Waals surface area contributed by atoms with Crippen LogP contribution in [0.15, 0.2) is 53.4 Å². The monoisotopic (exact) mass is 357 g/mol. The van der Waals surface area contributed by atoms with Crippen LogP contribution >= 0.6 is 0 Å². The van der Waals surface area contributed by atoms with Crippen molar-refractivity contribution in [1.82, 2.24) is 14.7 Å². The molecule has 0 fully saturated rings. The Balaban J connectivity index is 2.01. The third-order valence-electron chi connectivity index (χ3n) is 4.99. The zero-order valence-electron chi connectivity index (χ0n) is 16.4. The minimum Gasteiger partial charge on any atom is -0.364 e. The number of hydrogen-bond acceptors (Lipinski definition) is 3. The van der Waals surface area contributed by atoms with Crippen molar-refractivity contribution >= 4 is 0 Å². The summed E-state index contributed by atoms with van der Waals surface area (Å²) in [6.45, 7) is 10.7. The van der Waals surface area contributed by atoms with Crippen LogP contribution in [-0.4, -0.2) is 14.7 Å². The summed E-state index contributed by atoms with van der Waals surface area (Å²) in [6, 6.07) is 12.6. The molecule has 0 aliphatic heterocycles. The summed E-state index contributed by atoms with van der Waals surface area (Å²) in [4.78, 5) is 4.97. The Labute approximate surface area is 159 Å². The summed E-state index contributed by atoms with van der Waals surface area (Å²) in [7, 11) is 0. The Morgan fingerprint density at radius 3 is 2.07 bits per heavy atom. The molecule has 4 nitrogen and oxygen atoms in total. The Bertz CT molecular complexity index is 1080. The molecular formula is C23H23N3O. The van der Waals surface area contributed by atoms with Gasteiger partial charge in [-0.1, -0.05) is 41.1 Å². The van der Waals surface area contributed by atoms with Gasteiger partial charge in [-0.15, -0.1) is 0 Å². The molecule has 0 aliphatic rings. The smallest absolute Gasteiger partial charge is 0.167 e. The second-order valence-corrected chi connectivity index (χ2v) is 7.22. The van der Waals surface area contributed by atoms with E-state index >= 15 is 0 Å². The summed E-state index contributed by atoms with van der Waals surface area (Å²) in [5, 5.41) is 4.14. The molecule has 0 radical (unpaired) electrons. The molecule has 2 aromatic heterocycles. The van der Waals surface area contributed by atoms with Gasteiger partial charge in [0, 0.05) is 17.8 Å². The molecule has 0 saturated heterocycles. The zero-order valence-corrected chi connectivity index (χ0v) is 16.4. The molecule has 4 aromatic rings. The van der Waals surface area contributed by atoms with Gasteiger partial charge in [-0.25, -0.2) is 4.98 Å². The summed E-state index contributed by atoms with van der Waals surface area (Å²) >= 11 is 0. The molecule has 27 heavy (non-hydrogen) atoms. The lowest BCUT2D eigenvalue weighted by atomic mass is 10.0. The molecule has 0 atom stereocenters. The van der Waals surface area contributed by atoms with Gasteiger partial charge in [-0.3, -0.25) is 4.57 Å². The average Bonchev–Trinajstić information content (AvgIpc) is 3.23. The molecular weight excluding hydrogens is 334 g/mol. The van der Waals surface area contributed by atoms with Crippen LogP contribution in [0.3, 0.4) is 0 Å². The molecule has 0 N–H and O–H groups in total. The first-order chi connectivity index (χ1) is 13.0. The van der Waals surface area contributed by atoms with Crippen LogP contribution in [0.1, 0.15) is 27.8 Å². The number of aryl methyl sites for hydroxylation is 5. The van der Waals surface area contributed by atoms with Gasteiger partial charge >= 0.3 is 0 Å². The Kier molecular flexibility index (Phi) is 4.19. The number of rotatable bonds is 3. The fourth-order valence-electron chi connectivity index (χ4n) is 3.95. The van der Waals surface area contributed by atoms with E-state index in [2.05, 4.69) is 80.9 Å². The number of benzene rings is 2. The van der Waals surface area contributed by atoms with Crippen molar-refractivity contribution in [3.8, 4) is 28.5 Å². The molecule has 4 rings (SSSR count). The molecule has 0 spiro atoms. The fraction of sp³-hybridized carbons (Fsp3) is 0.217. The maximum Gasteiger partial charge on any atom is 0.167 e. The Morgan fingerprint density at radius 2 is 1.48 bits per heavy atom. The van der Waals surface area contributed by atoms with E-state index in [1.165, 1.54) is 33.4 Å². The maximum atomic E-state index is 5.10. The van der Waals surface area contributed by atoms with Crippen molar-refractivity contribution < 1.29 is 4.52 Å². The van der Waals surface area contributed by atoms with Crippen LogP contribution in [0.2, 0.25) is 0 Å².